The highest BCUT2D eigenvalue weighted by atomic mass is 16.5. The summed E-state index contributed by atoms with van der Waals surface area (Å²) in [5.41, 5.74) is 0.132. The minimum Gasteiger partial charge on any atom is -0.462 e. The van der Waals surface area contributed by atoms with Gasteiger partial charge in [-0.1, -0.05) is 46.0 Å². The molecule has 0 spiro atoms. The van der Waals surface area contributed by atoms with Crippen LogP contribution in [0.2, 0.25) is 0 Å². The normalized spacial score (nSPS) is 23.3. The molecule has 2 heterocycles. The molecule has 2 fully saturated rings. The second kappa shape index (κ2) is 14.3. The summed E-state index contributed by atoms with van der Waals surface area (Å²) in [6, 6.07) is 0. The molecule has 0 saturated carbocycles. The third kappa shape index (κ3) is 14.0. The first kappa shape index (κ1) is 33.9. The van der Waals surface area contributed by atoms with Gasteiger partial charge < -0.3 is 20.1 Å². The molecule has 2 aliphatic rings. The van der Waals surface area contributed by atoms with Crippen molar-refractivity contribution in [3.63, 3.8) is 0 Å². The van der Waals surface area contributed by atoms with E-state index < -0.39 is 0 Å². The Balaban J connectivity index is 0.000000417. The van der Waals surface area contributed by atoms with Crippen molar-refractivity contribution in [3.05, 3.63) is 0 Å². The quantitative estimate of drug-likeness (QED) is 0.235. The molecule has 1 unspecified atom stereocenters. The predicted octanol–water partition coefficient (Wildman–Crippen LogP) is 7.08. The van der Waals surface area contributed by atoms with Crippen LogP contribution in [-0.4, -0.2) is 46.3 Å². The molecule has 0 bridgehead atoms. The molecule has 2 rings (SSSR count). The molecular formula is C31H60N2O4. The summed E-state index contributed by atoms with van der Waals surface area (Å²) < 4.78 is 11.2. The van der Waals surface area contributed by atoms with Gasteiger partial charge in [0, 0.05) is 54.8 Å². The summed E-state index contributed by atoms with van der Waals surface area (Å²) in [6.07, 6.45) is 11.8. The van der Waals surface area contributed by atoms with Gasteiger partial charge in [0.25, 0.3) is 0 Å². The van der Waals surface area contributed by atoms with Crippen molar-refractivity contribution in [2.45, 2.75) is 181 Å². The van der Waals surface area contributed by atoms with E-state index in [9.17, 15) is 9.59 Å². The van der Waals surface area contributed by atoms with E-state index in [0.717, 1.165) is 44.9 Å². The van der Waals surface area contributed by atoms with E-state index in [1.807, 2.05) is 0 Å². The summed E-state index contributed by atoms with van der Waals surface area (Å²) in [4.78, 5) is 23.4. The highest BCUT2D eigenvalue weighted by Crippen LogP contribution is 2.32. The number of carbonyl (C=O) groups is 2. The Kier molecular flexibility index (Phi) is 13.1. The molecule has 2 N–H and O–H groups in total. The molecule has 0 aromatic heterocycles. The Morgan fingerprint density at radius 3 is 1.49 bits per heavy atom. The van der Waals surface area contributed by atoms with Crippen LogP contribution < -0.4 is 10.6 Å². The Bertz CT molecular complexity index is 682. The van der Waals surface area contributed by atoms with Gasteiger partial charge in [0.2, 0.25) is 0 Å². The molecule has 0 aliphatic carbocycles. The molecule has 6 heteroatoms. The van der Waals surface area contributed by atoms with Gasteiger partial charge in [-0.05, 0) is 68.2 Å². The van der Waals surface area contributed by atoms with Gasteiger partial charge in [-0.2, -0.15) is 0 Å². The van der Waals surface area contributed by atoms with E-state index >= 15 is 0 Å². The van der Waals surface area contributed by atoms with Crippen LogP contribution in [0.3, 0.4) is 0 Å². The third-order valence-electron chi connectivity index (χ3n) is 7.40. The average molecular weight is 525 g/mol. The largest absolute Gasteiger partial charge is 0.462 e. The number of unbranched alkanes of at least 4 members (excludes halogenated alkanes) is 4. The monoisotopic (exact) mass is 524 g/mol. The maximum absolute atomic E-state index is 12.5. The number of hydrogen-bond donors (Lipinski definition) is 2. The maximum atomic E-state index is 12.5. The van der Waals surface area contributed by atoms with E-state index in [-0.39, 0.29) is 52.2 Å². The van der Waals surface area contributed by atoms with Crippen LogP contribution in [-0.2, 0) is 19.1 Å². The van der Waals surface area contributed by atoms with Gasteiger partial charge in [-0.15, -0.1) is 0 Å². The molecule has 0 aromatic rings. The van der Waals surface area contributed by atoms with Crippen LogP contribution in [0.5, 0.6) is 0 Å². The number of nitrogens with one attached hydrogen (secondary N) is 2. The summed E-state index contributed by atoms with van der Waals surface area (Å²) in [7, 11) is 0. The molecule has 37 heavy (non-hydrogen) atoms. The maximum Gasteiger partial charge on any atom is 0.309 e. The zero-order valence-electron chi connectivity index (χ0n) is 26.1. The Labute approximate surface area is 228 Å². The summed E-state index contributed by atoms with van der Waals surface area (Å²) >= 11 is 0. The van der Waals surface area contributed by atoms with Crippen LogP contribution in [0.1, 0.15) is 147 Å². The lowest BCUT2D eigenvalue weighted by Crippen LogP contribution is -2.59. The molecule has 0 amide bonds. The predicted molar refractivity (Wildman–Crippen MR) is 154 cm³/mol. The Morgan fingerprint density at radius 2 is 1.11 bits per heavy atom. The number of piperidine rings is 2. The number of rotatable bonds is 10. The highest BCUT2D eigenvalue weighted by Gasteiger charge is 2.40. The summed E-state index contributed by atoms with van der Waals surface area (Å²) in [6.45, 7) is 23.2. The van der Waals surface area contributed by atoms with Crippen molar-refractivity contribution in [2.75, 3.05) is 0 Å². The fourth-order valence-electron chi connectivity index (χ4n) is 6.60. The van der Waals surface area contributed by atoms with Crippen molar-refractivity contribution >= 4 is 11.9 Å². The molecule has 2 aliphatic heterocycles. The number of esters is 2. The summed E-state index contributed by atoms with van der Waals surface area (Å²) in [5.74, 6) is -0.0669. The lowest BCUT2D eigenvalue weighted by molar-refractivity contribution is -0.158. The van der Waals surface area contributed by atoms with Crippen molar-refractivity contribution in [1.82, 2.24) is 10.6 Å². The minimum absolute atomic E-state index is 0.0224. The van der Waals surface area contributed by atoms with E-state index in [2.05, 4.69) is 79.9 Å². The molecule has 1 atom stereocenters. The molecule has 2 saturated heterocycles. The smallest absolute Gasteiger partial charge is 0.309 e. The second-order valence-electron chi connectivity index (χ2n) is 14.2. The lowest BCUT2D eigenvalue weighted by Gasteiger charge is -2.46. The van der Waals surface area contributed by atoms with Gasteiger partial charge >= 0.3 is 11.9 Å². The first-order valence-electron chi connectivity index (χ1n) is 14.9. The van der Waals surface area contributed by atoms with Gasteiger partial charge in [0.05, 0.1) is 5.92 Å². The van der Waals surface area contributed by atoms with Gasteiger partial charge in [0.15, 0.2) is 0 Å². The second-order valence-corrected chi connectivity index (χ2v) is 14.2. The van der Waals surface area contributed by atoms with Crippen LogP contribution in [0.15, 0.2) is 0 Å². The van der Waals surface area contributed by atoms with Crippen molar-refractivity contribution in [3.8, 4) is 0 Å². The van der Waals surface area contributed by atoms with Crippen LogP contribution in [0.4, 0.5) is 0 Å². The van der Waals surface area contributed by atoms with Crippen molar-refractivity contribution < 1.29 is 19.1 Å². The van der Waals surface area contributed by atoms with E-state index in [1.54, 1.807) is 0 Å². The zero-order valence-corrected chi connectivity index (χ0v) is 26.1. The van der Waals surface area contributed by atoms with E-state index in [0.29, 0.717) is 0 Å². The van der Waals surface area contributed by atoms with Crippen molar-refractivity contribution in [1.29, 1.82) is 0 Å². The fourth-order valence-corrected chi connectivity index (χ4v) is 6.60. The lowest BCUT2D eigenvalue weighted by atomic mass is 9.81. The standard InChI is InChI=1S/C20H39NO2.C11H21NO2/c1-7-9-10-11-12-13-16(8-2)18(22)23-17-14-19(3,4)21-20(5,6)15-17;1-8(13)14-9-6-10(2,3)12-11(4,5)7-9/h16-17,21H,7-15H2,1-6H3;9,12H,6-7H2,1-5H3. The molecule has 0 radical (unpaired) electrons. The number of hydrogen-bond acceptors (Lipinski definition) is 6. The van der Waals surface area contributed by atoms with Gasteiger partial charge in [0.1, 0.15) is 12.2 Å². The van der Waals surface area contributed by atoms with Crippen LogP contribution in [0.25, 0.3) is 0 Å². The Hall–Kier alpha value is -1.14. The third-order valence-corrected chi connectivity index (χ3v) is 7.40. The van der Waals surface area contributed by atoms with Gasteiger partial charge in [-0.3, -0.25) is 9.59 Å². The molecule has 218 valence electrons. The van der Waals surface area contributed by atoms with Gasteiger partial charge in [-0.25, -0.2) is 0 Å². The zero-order chi connectivity index (χ0) is 28.5. The number of ether oxygens (including phenoxy) is 2. The van der Waals surface area contributed by atoms with Crippen LogP contribution >= 0.6 is 0 Å². The molecule has 0 aromatic carbocycles. The average Bonchev–Trinajstić information content (AvgIpc) is 2.65. The molecular weight excluding hydrogens is 464 g/mol. The Morgan fingerprint density at radius 1 is 0.703 bits per heavy atom. The van der Waals surface area contributed by atoms with E-state index in [1.165, 1.54) is 32.6 Å². The fraction of sp³-hybridized carbons (Fsp3) is 0.935. The molecule has 6 nitrogen and oxygen atoms in total. The number of carbonyl (C=O) groups excluding carboxylic acids is 2. The highest BCUT2D eigenvalue weighted by molar-refractivity contribution is 5.72. The first-order chi connectivity index (χ1) is 16.9. The minimum atomic E-state index is -0.177. The van der Waals surface area contributed by atoms with Crippen LogP contribution in [0, 0.1) is 5.92 Å². The topological polar surface area (TPSA) is 76.7 Å². The summed E-state index contributed by atoms with van der Waals surface area (Å²) in [5, 5.41) is 7.18. The van der Waals surface area contributed by atoms with Crippen molar-refractivity contribution in [2.24, 2.45) is 5.92 Å². The van der Waals surface area contributed by atoms with E-state index in [4.69, 9.17) is 9.47 Å². The first-order valence-corrected chi connectivity index (χ1v) is 14.9. The SMILES string of the molecule is CC(=O)OC1CC(C)(C)NC(C)(C)C1.CCCCCCCC(CC)C(=O)OC1CC(C)(C)NC(C)(C)C1.